The van der Waals surface area contributed by atoms with Crippen molar-refractivity contribution in [1.82, 2.24) is 0 Å². The fourth-order valence-electron chi connectivity index (χ4n) is 2.64. The summed E-state index contributed by atoms with van der Waals surface area (Å²) in [5, 5.41) is 4.08. The van der Waals surface area contributed by atoms with Crippen molar-refractivity contribution in [2.75, 3.05) is 6.61 Å². The zero-order valence-corrected chi connectivity index (χ0v) is 11.2. The molecule has 17 heavy (non-hydrogen) atoms. The molecule has 1 aliphatic carbocycles. The van der Waals surface area contributed by atoms with Crippen LogP contribution in [-0.2, 0) is 16.0 Å². The van der Waals surface area contributed by atoms with Gasteiger partial charge in [-0.05, 0) is 42.2 Å². The fourth-order valence-corrected chi connectivity index (χ4v) is 3.31. The number of thiophene rings is 1. The molecule has 1 heterocycles. The minimum atomic E-state index is -0.477. The molecule has 0 spiro atoms. The van der Waals surface area contributed by atoms with E-state index in [0.29, 0.717) is 13.0 Å². The highest BCUT2D eigenvalue weighted by Crippen LogP contribution is 2.33. The molecular weight excluding hydrogens is 232 g/mol. The molecule has 1 saturated carbocycles. The highest BCUT2D eigenvalue weighted by Gasteiger charge is 2.39. The van der Waals surface area contributed by atoms with Crippen molar-refractivity contribution in [3.05, 3.63) is 22.4 Å². The molecule has 1 aromatic heterocycles. The van der Waals surface area contributed by atoms with E-state index in [1.807, 2.05) is 18.4 Å². The quantitative estimate of drug-likeness (QED) is 0.800. The van der Waals surface area contributed by atoms with Gasteiger partial charge in [0.25, 0.3) is 0 Å². The standard InChI is InChI=1S/C14H20O2S/c1-2-16-14(7-4-3-5-8-14)13(15)10-12-6-9-17-11-12/h6,9,11H,2-5,7-8,10H2,1H3. The van der Waals surface area contributed by atoms with Gasteiger partial charge in [0.15, 0.2) is 5.78 Å². The summed E-state index contributed by atoms with van der Waals surface area (Å²) in [6.45, 7) is 2.61. The van der Waals surface area contributed by atoms with Crippen molar-refractivity contribution >= 4 is 17.1 Å². The lowest BCUT2D eigenvalue weighted by Gasteiger charge is -2.35. The third kappa shape index (κ3) is 2.96. The van der Waals surface area contributed by atoms with Crippen molar-refractivity contribution in [3.8, 4) is 0 Å². The molecule has 0 unspecified atom stereocenters. The first-order valence-corrected chi connectivity index (χ1v) is 7.39. The van der Waals surface area contributed by atoms with Crippen LogP contribution in [0.4, 0.5) is 0 Å². The highest BCUT2D eigenvalue weighted by atomic mass is 32.1. The van der Waals surface area contributed by atoms with E-state index in [1.54, 1.807) is 11.3 Å². The summed E-state index contributed by atoms with van der Waals surface area (Å²) in [4.78, 5) is 12.5. The molecule has 94 valence electrons. The zero-order valence-electron chi connectivity index (χ0n) is 10.4. The number of Topliss-reactive ketones (excluding diaryl/α,β-unsaturated/α-hetero) is 1. The molecule has 0 radical (unpaired) electrons. The number of ketones is 1. The van der Waals surface area contributed by atoms with Gasteiger partial charge in [-0.2, -0.15) is 11.3 Å². The van der Waals surface area contributed by atoms with Crippen molar-refractivity contribution in [3.63, 3.8) is 0 Å². The van der Waals surface area contributed by atoms with Crippen molar-refractivity contribution < 1.29 is 9.53 Å². The van der Waals surface area contributed by atoms with Gasteiger partial charge in [-0.25, -0.2) is 0 Å². The summed E-state index contributed by atoms with van der Waals surface area (Å²) in [7, 11) is 0. The maximum Gasteiger partial charge on any atom is 0.168 e. The Morgan fingerprint density at radius 2 is 2.18 bits per heavy atom. The first-order chi connectivity index (χ1) is 8.27. The van der Waals surface area contributed by atoms with Gasteiger partial charge in [0.05, 0.1) is 0 Å². The van der Waals surface area contributed by atoms with E-state index in [2.05, 4.69) is 5.38 Å². The predicted octanol–water partition coefficient (Wildman–Crippen LogP) is 3.60. The Kier molecular flexibility index (Phi) is 4.35. The largest absolute Gasteiger partial charge is 0.367 e. The Morgan fingerprint density at radius 1 is 1.41 bits per heavy atom. The summed E-state index contributed by atoms with van der Waals surface area (Å²) >= 11 is 1.65. The van der Waals surface area contributed by atoms with E-state index >= 15 is 0 Å². The minimum absolute atomic E-state index is 0.275. The summed E-state index contributed by atoms with van der Waals surface area (Å²) in [6.07, 6.45) is 5.82. The molecule has 0 amide bonds. The molecule has 2 rings (SSSR count). The normalized spacial score (nSPS) is 19.1. The lowest BCUT2D eigenvalue weighted by molar-refractivity contribution is -0.148. The van der Waals surface area contributed by atoms with Gasteiger partial charge in [-0.15, -0.1) is 0 Å². The van der Waals surface area contributed by atoms with Crippen molar-refractivity contribution in [1.29, 1.82) is 0 Å². The topological polar surface area (TPSA) is 26.3 Å². The Bertz CT molecular complexity index is 345. The van der Waals surface area contributed by atoms with Crippen molar-refractivity contribution in [2.24, 2.45) is 0 Å². The molecule has 2 nitrogen and oxygen atoms in total. The highest BCUT2D eigenvalue weighted by molar-refractivity contribution is 7.08. The molecule has 0 bridgehead atoms. The summed E-state index contributed by atoms with van der Waals surface area (Å²) in [6, 6.07) is 2.03. The van der Waals surface area contributed by atoms with Gasteiger partial charge in [0.1, 0.15) is 5.60 Å². The molecular formula is C14H20O2S. The van der Waals surface area contributed by atoms with E-state index in [9.17, 15) is 4.79 Å². The number of hydrogen-bond donors (Lipinski definition) is 0. The Hall–Kier alpha value is -0.670. The van der Waals surface area contributed by atoms with Gasteiger partial charge in [0.2, 0.25) is 0 Å². The van der Waals surface area contributed by atoms with Crippen LogP contribution in [-0.4, -0.2) is 18.0 Å². The first-order valence-electron chi connectivity index (χ1n) is 6.45. The molecule has 0 saturated heterocycles. The van der Waals surface area contributed by atoms with E-state index in [0.717, 1.165) is 31.2 Å². The monoisotopic (exact) mass is 252 g/mol. The van der Waals surface area contributed by atoms with Crippen LogP contribution in [0.5, 0.6) is 0 Å². The average molecular weight is 252 g/mol. The summed E-state index contributed by atoms with van der Waals surface area (Å²) < 4.78 is 5.83. The molecule has 1 aromatic rings. The predicted molar refractivity (Wildman–Crippen MR) is 70.5 cm³/mol. The Morgan fingerprint density at radius 3 is 2.76 bits per heavy atom. The maximum absolute atomic E-state index is 12.5. The Balaban J connectivity index is 2.06. The van der Waals surface area contributed by atoms with Gasteiger partial charge in [0, 0.05) is 13.0 Å². The fraction of sp³-hybridized carbons (Fsp3) is 0.643. The molecule has 0 atom stereocenters. The van der Waals surface area contributed by atoms with Gasteiger partial charge < -0.3 is 4.74 Å². The van der Waals surface area contributed by atoms with Crippen LogP contribution in [0.3, 0.4) is 0 Å². The van der Waals surface area contributed by atoms with Crippen LogP contribution in [0.15, 0.2) is 16.8 Å². The second-order valence-electron chi connectivity index (χ2n) is 4.72. The van der Waals surface area contributed by atoms with Crippen LogP contribution in [0.25, 0.3) is 0 Å². The molecule has 0 aromatic carbocycles. The van der Waals surface area contributed by atoms with Crippen LogP contribution in [0.1, 0.15) is 44.6 Å². The van der Waals surface area contributed by atoms with E-state index < -0.39 is 5.60 Å². The Labute approximate surface area is 107 Å². The first kappa shape index (κ1) is 12.8. The number of carbonyl (C=O) groups is 1. The third-order valence-corrected chi connectivity index (χ3v) is 4.27. The maximum atomic E-state index is 12.5. The third-order valence-electron chi connectivity index (χ3n) is 3.53. The van der Waals surface area contributed by atoms with Gasteiger partial charge in [-0.1, -0.05) is 19.3 Å². The zero-order chi connectivity index (χ0) is 12.1. The SMILES string of the molecule is CCOC1(C(=O)Cc2ccsc2)CCCCC1. The van der Waals surface area contributed by atoms with Gasteiger partial charge >= 0.3 is 0 Å². The van der Waals surface area contributed by atoms with Crippen LogP contribution >= 0.6 is 11.3 Å². The van der Waals surface area contributed by atoms with Crippen LogP contribution in [0, 0.1) is 0 Å². The second-order valence-corrected chi connectivity index (χ2v) is 5.50. The lowest BCUT2D eigenvalue weighted by atomic mass is 9.80. The molecule has 0 aliphatic heterocycles. The molecule has 3 heteroatoms. The molecule has 0 N–H and O–H groups in total. The number of carbonyl (C=O) groups excluding carboxylic acids is 1. The van der Waals surface area contributed by atoms with Crippen molar-refractivity contribution in [2.45, 2.75) is 51.0 Å². The smallest absolute Gasteiger partial charge is 0.168 e. The average Bonchev–Trinajstić information content (AvgIpc) is 2.83. The van der Waals surface area contributed by atoms with E-state index in [-0.39, 0.29) is 5.78 Å². The number of rotatable bonds is 5. The lowest BCUT2D eigenvalue weighted by Crippen LogP contribution is -2.44. The number of hydrogen-bond acceptors (Lipinski definition) is 3. The summed E-state index contributed by atoms with van der Waals surface area (Å²) in [5.41, 5.74) is 0.652. The number of ether oxygens (including phenoxy) is 1. The summed E-state index contributed by atoms with van der Waals surface area (Å²) in [5.74, 6) is 0.275. The molecule has 1 aliphatic rings. The molecule has 1 fully saturated rings. The van der Waals surface area contributed by atoms with Gasteiger partial charge in [-0.3, -0.25) is 4.79 Å². The van der Waals surface area contributed by atoms with E-state index in [1.165, 1.54) is 6.42 Å². The van der Waals surface area contributed by atoms with E-state index in [4.69, 9.17) is 4.74 Å². The van der Waals surface area contributed by atoms with Crippen LogP contribution < -0.4 is 0 Å². The van der Waals surface area contributed by atoms with Crippen LogP contribution in [0.2, 0.25) is 0 Å². The second kappa shape index (κ2) is 5.78. The minimum Gasteiger partial charge on any atom is -0.367 e.